The molecule has 3 aliphatic carbocycles. The summed E-state index contributed by atoms with van der Waals surface area (Å²) in [4.78, 5) is 25.1. The number of amides is 2. The van der Waals surface area contributed by atoms with Crippen LogP contribution in [0.2, 0.25) is 0 Å². The maximum Gasteiger partial charge on any atom is 0.253 e. The van der Waals surface area contributed by atoms with Crippen LogP contribution in [0.5, 0.6) is 5.75 Å². The smallest absolute Gasteiger partial charge is 0.253 e. The predicted molar refractivity (Wildman–Crippen MR) is 91.0 cm³/mol. The van der Waals surface area contributed by atoms with E-state index >= 15 is 0 Å². The summed E-state index contributed by atoms with van der Waals surface area (Å²) in [6.45, 7) is 0. The Bertz CT molecular complexity index is 709. The summed E-state index contributed by atoms with van der Waals surface area (Å²) in [5.74, 6) is 1.37. The molecule has 0 saturated heterocycles. The highest BCUT2D eigenvalue weighted by atomic mass is 16.5. The molecule has 2 N–H and O–H groups in total. The third kappa shape index (κ3) is 2.90. The summed E-state index contributed by atoms with van der Waals surface area (Å²) >= 11 is 0. The van der Waals surface area contributed by atoms with E-state index in [4.69, 9.17) is 4.74 Å². The van der Waals surface area contributed by atoms with Crippen molar-refractivity contribution in [3.63, 3.8) is 0 Å². The summed E-state index contributed by atoms with van der Waals surface area (Å²) < 4.78 is 5.22. The van der Waals surface area contributed by atoms with E-state index in [0.717, 1.165) is 25.7 Å². The minimum atomic E-state index is -0.153. The minimum absolute atomic E-state index is 0.0116. The van der Waals surface area contributed by atoms with Crippen LogP contribution in [0.4, 0.5) is 5.69 Å². The average molecular weight is 326 g/mol. The van der Waals surface area contributed by atoms with Gasteiger partial charge in [0, 0.05) is 12.0 Å². The second-order valence-electron chi connectivity index (χ2n) is 7.04. The van der Waals surface area contributed by atoms with Crippen LogP contribution in [-0.2, 0) is 4.79 Å². The summed E-state index contributed by atoms with van der Waals surface area (Å²) in [5, 5.41) is 5.95. The summed E-state index contributed by atoms with van der Waals surface area (Å²) in [6.07, 6.45) is 8.41. The van der Waals surface area contributed by atoms with Crippen molar-refractivity contribution in [3.8, 4) is 5.75 Å². The van der Waals surface area contributed by atoms with Gasteiger partial charge < -0.3 is 15.4 Å². The number of benzene rings is 1. The molecule has 24 heavy (non-hydrogen) atoms. The lowest BCUT2D eigenvalue weighted by Crippen LogP contribution is -2.29. The molecule has 0 aliphatic heterocycles. The van der Waals surface area contributed by atoms with E-state index in [1.54, 1.807) is 25.3 Å². The molecule has 0 unspecified atom stereocenters. The van der Waals surface area contributed by atoms with Crippen molar-refractivity contribution in [2.45, 2.75) is 31.7 Å². The van der Waals surface area contributed by atoms with E-state index in [1.807, 2.05) is 0 Å². The SMILES string of the molecule is COc1ccc(NC(=O)[C@H]2C[C@H]3C=C[C@H]2C3)c(C(=O)NC2CC2)c1. The summed E-state index contributed by atoms with van der Waals surface area (Å²) in [6, 6.07) is 5.47. The van der Waals surface area contributed by atoms with Crippen LogP contribution in [0.25, 0.3) is 0 Å². The van der Waals surface area contributed by atoms with E-state index in [0.29, 0.717) is 28.8 Å². The topological polar surface area (TPSA) is 67.4 Å². The molecular formula is C19H22N2O3. The number of allylic oxidation sites excluding steroid dienone is 2. The molecule has 0 spiro atoms. The van der Waals surface area contributed by atoms with E-state index in [2.05, 4.69) is 22.8 Å². The van der Waals surface area contributed by atoms with Gasteiger partial charge in [0.05, 0.1) is 18.4 Å². The normalized spacial score (nSPS) is 27.1. The van der Waals surface area contributed by atoms with Gasteiger partial charge in [-0.2, -0.15) is 0 Å². The molecule has 0 aromatic heterocycles. The van der Waals surface area contributed by atoms with Crippen molar-refractivity contribution in [3.05, 3.63) is 35.9 Å². The van der Waals surface area contributed by atoms with Crippen LogP contribution in [0.15, 0.2) is 30.4 Å². The molecule has 2 amide bonds. The molecule has 126 valence electrons. The maximum atomic E-state index is 12.7. The minimum Gasteiger partial charge on any atom is -0.497 e. The standard InChI is InChI=1S/C19H22N2O3/c1-24-14-6-7-17(16(10-14)19(23)20-13-4-5-13)21-18(22)15-9-11-2-3-12(15)8-11/h2-3,6-7,10-13,15H,4-5,8-9H2,1H3,(H,20,23)(H,21,22)/t11-,12-,15-/m0/s1. The number of hydrogen-bond donors (Lipinski definition) is 2. The van der Waals surface area contributed by atoms with E-state index in [9.17, 15) is 9.59 Å². The molecule has 2 saturated carbocycles. The first-order chi connectivity index (χ1) is 11.6. The molecule has 1 aromatic rings. The highest BCUT2D eigenvalue weighted by Gasteiger charge is 2.40. The van der Waals surface area contributed by atoms with Gasteiger partial charge >= 0.3 is 0 Å². The molecule has 5 heteroatoms. The van der Waals surface area contributed by atoms with E-state index in [1.165, 1.54) is 0 Å². The van der Waals surface area contributed by atoms with Crippen LogP contribution in [0.1, 0.15) is 36.0 Å². The monoisotopic (exact) mass is 326 g/mol. The fourth-order valence-corrected chi connectivity index (χ4v) is 3.75. The van der Waals surface area contributed by atoms with E-state index < -0.39 is 0 Å². The Labute approximate surface area is 141 Å². The lowest BCUT2D eigenvalue weighted by Gasteiger charge is -2.19. The number of anilines is 1. The molecular weight excluding hydrogens is 304 g/mol. The zero-order chi connectivity index (χ0) is 16.7. The lowest BCUT2D eigenvalue weighted by molar-refractivity contribution is -0.120. The van der Waals surface area contributed by atoms with Gasteiger partial charge in [-0.3, -0.25) is 9.59 Å². The van der Waals surface area contributed by atoms with Crippen molar-refractivity contribution >= 4 is 17.5 Å². The number of carbonyl (C=O) groups is 2. The fourth-order valence-electron chi connectivity index (χ4n) is 3.75. The Balaban J connectivity index is 1.53. The van der Waals surface area contributed by atoms with Crippen molar-refractivity contribution in [2.24, 2.45) is 17.8 Å². The first kappa shape index (κ1) is 15.2. The van der Waals surface area contributed by atoms with Gasteiger partial charge in [-0.05, 0) is 55.7 Å². The number of ether oxygens (including phenoxy) is 1. The van der Waals surface area contributed by atoms with Gasteiger partial charge in [0.25, 0.3) is 5.91 Å². The third-order valence-corrected chi connectivity index (χ3v) is 5.26. The summed E-state index contributed by atoms with van der Waals surface area (Å²) in [5.41, 5.74) is 1.03. The number of methoxy groups -OCH3 is 1. The molecule has 0 heterocycles. The van der Waals surface area contributed by atoms with Crippen LogP contribution >= 0.6 is 0 Å². The molecule has 2 fully saturated rings. The zero-order valence-corrected chi connectivity index (χ0v) is 13.7. The van der Waals surface area contributed by atoms with E-state index in [-0.39, 0.29) is 23.8 Å². The van der Waals surface area contributed by atoms with Crippen molar-refractivity contribution in [1.29, 1.82) is 0 Å². The quantitative estimate of drug-likeness (QED) is 0.818. The highest BCUT2D eigenvalue weighted by Crippen LogP contribution is 2.44. The number of nitrogens with one attached hydrogen (secondary N) is 2. The van der Waals surface area contributed by atoms with Crippen LogP contribution in [0, 0.1) is 17.8 Å². The molecule has 1 aromatic carbocycles. The Morgan fingerprint density at radius 3 is 2.62 bits per heavy atom. The van der Waals surface area contributed by atoms with Crippen molar-refractivity contribution < 1.29 is 14.3 Å². The first-order valence-electron chi connectivity index (χ1n) is 8.62. The van der Waals surface area contributed by atoms with Gasteiger partial charge in [-0.25, -0.2) is 0 Å². The fraction of sp³-hybridized carbons (Fsp3) is 0.474. The van der Waals surface area contributed by atoms with Gasteiger partial charge in [-0.15, -0.1) is 0 Å². The largest absolute Gasteiger partial charge is 0.497 e. The molecule has 5 nitrogen and oxygen atoms in total. The first-order valence-corrected chi connectivity index (χ1v) is 8.62. The zero-order valence-electron chi connectivity index (χ0n) is 13.7. The van der Waals surface area contributed by atoms with Gasteiger partial charge in [0.15, 0.2) is 0 Å². The number of fused-ring (bicyclic) bond motifs is 2. The molecule has 3 atom stereocenters. The average Bonchev–Trinajstić information content (AvgIpc) is 3.15. The van der Waals surface area contributed by atoms with Crippen LogP contribution < -0.4 is 15.4 Å². The lowest BCUT2D eigenvalue weighted by atomic mass is 9.92. The number of hydrogen-bond acceptors (Lipinski definition) is 3. The molecule has 4 rings (SSSR count). The van der Waals surface area contributed by atoms with Gasteiger partial charge in [0.1, 0.15) is 5.75 Å². The Morgan fingerprint density at radius 1 is 1.17 bits per heavy atom. The second kappa shape index (κ2) is 5.96. The second-order valence-corrected chi connectivity index (χ2v) is 7.04. The molecule has 2 bridgehead atoms. The highest BCUT2D eigenvalue weighted by molar-refractivity contribution is 6.04. The Morgan fingerprint density at radius 2 is 2.00 bits per heavy atom. The maximum absolute atomic E-state index is 12.7. The Kier molecular flexibility index (Phi) is 3.79. The molecule has 0 radical (unpaired) electrons. The van der Waals surface area contributed by atoms with Gasteiger partial charge in [0.2, 0.25) is 5.91 Å². The molecule has 3 aliphatic rings. The number of carbonyl (C=O) groups excluding carboxylic acids is 2. The number of rotatable bonds is 5. The van der Waals surface area contributed by atoms with Crippen molar-refractivity contribution in [1.82, 2.24) is 5.32 Å². The van der Waals surface area contributed by atoms with Crippen molar-refractivity contribution in [2.75, 3.05) is 12.4 Å². The van der Waals surface area contributed by atoms with Crippen LogP contribution in [0.3, 0.4) is 0 Å². The third-order valence-electron chi connectivity index (χ3n) is 5.26. The Hall–Kier alpha value is -2.30. The van der Waals surface area contributed by atoms with Crippen LogP contribution in [-0.4, -0.2) is 25.0 Å². The summed E-state index contributed by atoms with van der Waals surface area (Å²) in [7, 11) is 1.57. The van der Waals surface area contributed by atoms with Gasteiger partial charge in [-0.1, -0.05) is 12.2 Å². The predicted octanol–water partition coefficient (Wildman–Crippen LogP) is 2.74.